The maximum Gasteiger partial charge on any atom is 0.333 e. The van der Waals surface area contributed by atoms with Gasteiger partial charge >= 0.3 is 5.97 Å². The molecule has 3 nitrogen and oxygen atoms in total. The van der Waals surface area contributed by atoms with Crippen LogP contribution in [0.15, 0.2) is 47.9 Å². The van der Waals surface area contributed by atoms with Crippen molar-refractivity contribution in [3.8, 4) is 0 Å². The van der Waals surface area contributed by atoms with E-state index in [0.717, 1.165) is 5.70 Å². The van der Waals surface area contributed by atoms with Crippen molar-refractivity contribution in [1.82, 2.24) is 4.90 Å². The molecule has 1 N–H and O–H groups in total. The number of hydrogen-bond donors (Lipinski definition) is 1. The Balaban J connectivity index is 2.31. The smallest absolute Gasteiger partial charge is 0.333 e. The van der Waals surface area contributed by atoms with Crippen molar-refractivity contribution in [3.05, 3.63) is 47.9 Å². The molecule has 3 heteroatoms. The molecule has 0 saturated carbocycles. The molecule has 66 valence electrons. The lowest BCUT2D eigenvalue weighted by Gasteiger charge is -2.12. The maximum atomic E-state index is 10.7. The second kappa shape index (κ2) is 2.94. The monoisotopic (exact) mass is 175 g/mol. The van der Waals surface area contributed by atoms with Crippen molar-refractivity contribution in [1.29, 1.82) is 0 Å². The third kappa shape index (κ3) is 1.40. The van der Waals surface area contributed by atoms with E-state index in [1.807, 2.05) is 35.4 Å². The van der Waals surface area contributed by atoms with Gasteiger partial charge in [-0.3, -0.25) is 0 Å². The molecule has 0 aliphatic carbocycles. The minimum Gasteiger partial charge on any atom is -0.478 e. The van der Waals surface area contributed by atoms with Gasteiger partial charge in [-0.1, -0.05) is 12.2 Å². The van der Waals surface area contributed by atoms with Gasteiger partial charge < -0.3 is 10.0 Å². The van der Waals surface area contributed by atoms with Crippen molar-refractivity contribution in [2.45, 2.75) is 0 Å². The first-order valence-corrected chi connectivity index (χ1v) is 4.03. The highest BCUT2D eigenvalue weighted by molar-refractivity contribution is 5.88. The Morgan fingerprint density at radius 2 is 2.23 bits per heavy atom. The van der Waals surface area contributed by atoms with Crippen molar-refractivity contribution < 1.29 is 9.90 Å². The highest BCUT2D eigenvalue weighted by Crippen LogP contribution is 2.21. The molecule has 0 fully saturated rings. The summed E-state index contributed by atoms with van der Waals surface area (Å²) in [4.78, 5) is 12.6. The zero-order chi connectivity index (χ0) is 9.26. The number of hydrogen-bond acceptors (Lipinski definition) is 2. The zero-order valence-electron chi connectivity index (χ0n) is 6.97. The molecule has 0 radical (unpaired) electrons. The molecule has 0 amide bonds. The van der Waals surface area contributed by atoms with E-state index in [1.54, 1.807) is 6.08 Å². The molecule has 0 spiro atoms. The second-order valence-corrected chi connectivity index (χ2v) is 2.92. The minimum atomic E-state index is -0.841. The molecule has 13 heavy (non-hydrogen) atoms. The van der Waals surface area contributed by atoms with E-state index in [1.165, 1.54) is 0 Å². The molecule has 2 heterocycles. The first kappa shape index (κ1) is 7.86. The Morgan fingerprint density at radius 1 is 1.38 bits per heavy atom. The van der Waals surface area contributed by atoms with Gasteiger partial charge in [-0.2, -0.15) is 0 Å². The van der Waals surface area contributed by atoms with Gasteiger partial charge in [0.2, 0.25) is 0 Å². The van der Waals surface area contributed by atoms with Gasteiger partial charge in [-0.15, -0.1) is 0 Å². The molecule has 2 aliphatic rings. The fraction of sp³-hybridized carbons (Fsp3) is 0.100. The molecular formula is C10H9NO2. The average Bonchev–Trinajstić information content (AvgIpc) is 2.38. The van der Waals surface area contributed by atoms with Gasteiger partial charge in [0.15, 0.2) is 0 Å². The van der Waals surface area contributed by atoms with Crippen molar-refractivity contribution in [2.24, 2.45) is 0 Å². The summed E-state index contributed by atoms with van der Waals surface area (Å²) in [6.45, 7) is 0.458. The Hall–Kier alpha value is -1.77. The maximum absolute atomic E-state index is 10.7. The molecular weight excluding hydrogens is 166 g/mol. The normalized spacial score (nSPS) is 19.2. The van der Waals surface area contributed by atoms with Crippen molar-refractivity contribution >= 4 is 5.97 Å². The number of carbonyl (C=O) groups is 1. The highest BCUT2D eigenvalue weighted by Gasteiger charge is 2.20. The van der Waals surface area contributed by atoms with Crippen LogP contribution in [0.3, 0.4) is 0 Å². The van der Waals surface area contributed by atoms with E-state index in [4.69, 9.17) is 5.11 Å². The predicted octanol–water partition coefficient (Wildman–Crippen LogP) is 1.28. The van der Waals surface area contributed by atoms with E-state index in [0.29, 0.717) is 12.1 Å². The molecule has 0 bridgehead atoms. The van der Waals surface area contributed by atoms with Crippen LogP contribution in [0.25, 0.3) is 0 Å². The zero-order valence-corrected chi connectivity index (χ0v) is 6.97. The van der Waals surface area contributed by atoms with Crippen LogP contribution in [0, 0.1) is 0 Å². The van der Waals surface area contributed by atoms with Crippen molar-refractivity contribution in [2.75, 3.05) is 6.54 Å². The number of fused-ring (bicyclic) bond motifs is 1. The van der Waals surface area contributed by atoms with Gasteiger partial charge in [0.25, 0.3) is 0 Å². The molecule has 2 rings (SSSR count). The van der Waals surface area contributed by atoms with E-state index in [2.05, 4.69) is 0 Å². The summed E-state index contributed by atoms with van der Waals surface area (Å²) in [5.41, 5.74) is 1.37. The van der Waals surface area contributed by atoms with Gasteiger partial charge in [-0.25, -0.2) is 4.79 Å². The van der Waals surface area contributed by atoms with E-state index in [-0.39, 0.29) is 0 Å². The van der Waals surface area contributed by atoms with Crippen molar-refractivity contribution in [3.63, 3.8) is 0 Å². The summed E-state index contributed by atoms with van der Waals surface area (Å²) >= 11 is 0. The molecule has 0 aromatic rings. The molecule has 0 atom stereocenters. The van der Waals surface area contributed by atoms with Crippen LogP contribution in [0.5, 0.6) is 0 Å². The molecule has 0 aromatic carbocycles. The summed E-state index contributed by atoms with van der Waals surface area (Å²) in [7, 11) is 0. The minimum absolute atomic E-state index is 0.436. The lowest BCUT2D eigenvalue weighted by atomic mass is 10.3. The van der Waals surface area contributed by atoms with E-state index in [9.17, 15) is 4.79 Å². The number of nitrogens with zero attached hydrogens (tertiary/aromatic N) is 1. The second-order valence-electron chi connectivity index (χ2n) is 2.92. The van der Waals surface area contributed by atoms with Crippen LogP contribution < -0.4 is 0 Å². The highest BCUT2D eigenvalue weighted by atomic mass is 16.4. The predicted molar refractivity (Wildman–Crippen MR) is 48.8 cm³/mol. The SMILES string of the molecule is O=C(O)C1=CC2=CC=CC=CN2C1. The van der Waals surface area contributed by atoms with Gasteiger partial charge in [0, 0.05) is 11.9 Å². The summed E-state index contributed by atoms with van der Waals surface area (Å²) < 4.78 is 0. The summed E-state index contributed by atoms with van der Waals surface area (Å²) in [6, 6.07) is 0. The first-order valence-electron chi connectivity index (χ1n) is 4.03. The third-order valence-corrected chi connectivity index (χ3v) is 2.02. The molecule has 0 aromatic heterocycles. The molecule has 0 saturated heterocycles. The van der Waals surface area contributed by atoms with Crippen LogP contribution in [-0.2, 0) is 4.79 Å². The Morgan fingerprint density at radius 3 is 3.00 bits per heavy atom. The lowest BCUT2D eigenvalue weighted by Crippen LogP contribution is -2.14. The number of aliphatic carboxylic acids is 1. The summed E-state index contributed by atoms with van der Waals surface area (Å²) in [5, 5.41) is 8.77. The third-order valence-electron chi connectivity index (χ3n) is 2.02. The van der Waals surface area contributed by atoms with Gasteiger partial charge in [0.1, 0.15) is 0 Å². The quantitative estimate of drug-likeness (QED) is 0.652. The van der Waals surface area contributed by atoms with Crippen LogP contribution in [0.4, 0.5) is 0 Å². The molecule has 0 unspecified atom stereocenters. The summed E-state index contributed by atoms with van der Waals surface area (Å²) in [6.07, 6.45) is 11.2. The fourth-order valence-electron chi connectivity index (χ4n) is 1.37. The average molecular weight is 175 g/mol. The van der Waals surface area contributed by atoms with Crippen LogP contribution in [-0.4, -0.2) is 22.5 Å². The van der Waals surface area contributed by atoms with Gasteiger partial charge in [0.05, 0.1) is 12.1 Å². The van der Waals surface area contributed by atoms with E-state index < -0.39 is 5.97 Å². The molecule has 2 aliphatic heterocycles. The topological polar surface area (TPSA) is 40.5 Å². The Labute approximate surface area is 76.0 Å². The number of rotatable bonds is 1. The lowest BCUT2D eigenvalue weighted by molar-refractivity contribution is -0.132. The van der Waals surface area contributed by atoms with Crippen LogP contribution in [0.1, 0.15) is 0 Å². The van der Waals surface area contributed by atoms with Crippen LogP contribution >= 0.6 is 0 Å². The number of carboxylic acids is 1. The first-order chi connectivity index (χ1) is 6.27. The number of carboxylic acid groups (broad SMARTS) is 1. The van der Waals surface area contributed by atoms with Gasteiger partial charge in [-0.05, 0) is 18.2 Å². The largest absolute Gasteiger partial charge is 0.478 e. The summed E-state index contributed by atoms with van der Waals surface area (Å²) in [5.74, 6) is -0.841. The fourth-order valence-corrected chi connectivity index (χ4v) is 1.37. The number of allylic oxidation sites excluding steroid dienone is 5. The van der Waals surface area contributed by atoms with E-state index >= 15 is 0 Å². The Bertz CT molecular complexity index is 361. The van der Waals surface area contributed by atoms with Crippen LogP contribution in [0.2, 0.25) is 0 Å². The standard InChI is InChI=1S/C10H9NO2/c12-10(13)8-6-9-4-2-1-3-5-11(9)7-8/h1-6H,7H2,(H,12,13). The Kier molecular flexibility index (Phi) is 1.77.